The van der Waals surface area contributed by atoms with Crippen molar-refractivity contribution >= 4 is 11.9 Å². The highest BCUT2D eigenvalue weighted by atomic mass is 16.6. The van der Waals surface area contributed by atoms with Crippen LogP contribution in [-0.2, 0) is 9.53 Å². The van der Waals surface area contributed by atoms with Gasteiger partial charge < -0.3 is 15.2 Å². The highest BCUT2D eigenvalue weighted by Gasteiger charge is 2.26. The van der Waals surface area contributed by atoms with Crippen LogP contribution in [0, 0.1) is 5.92 Å². The smallest absolute Gasteiger partial charge is 0.408 e. The fourth-order valence-corrected chi connectivity index (χ4v) is 1.48. The van der Waals surface area contributed by atoms with Crippen LogP contribution in [0.2, 0.25) is 0 Å². The molecular formula is C14H25NO4. The molecule has 0 aliphatic rings. The van der Waals surface area contributed by atoms with Crippen LogP contribution in [0.3, 0.4) is 0 Å². The SMILES string of the molecule is C=C(CO)C(=O)[C@@H](CC(C)C)NC(=O)OC(C)(C)C. The van der Waals surface area contributed by atoms with Crippen LogP contribution in [0.4, 0.5) is 4.79 Å². The molecule has 0 heterocycles. The van der Waals surface area contributed by atoms with Gasteiger partial charge in [-0.05, 0) is 33.1 Å². The molecule has 19 heavy (non-hydrogen) atoms. The molecule has 0 saturated carbocycles. The lowest BCUT2D eigenvalue weighted by Gasteiger charge is -2.24. The molecule has 1 amide bonds. The van der Waals surface area contributed by atoms with Crippen molar-refractivity contribution in [3.05, 3.63) is 12.2 Å². The molecule has 0 spiro atoms. The fourth-order valence-electron chi connectivity index (χ4n) is 1.48. The highest BCUT2D eigenvalue weighted by molar-refractivity contribution is 6.00. The van der Waals surface area contributed by atoms with Crippen LogP contribution < -0.4 is 5.32 Å². The number of nitrogens with one attached hydrogen (secondary N) is 1. The van der Waals surface area contributed by atoms with Crippen LogP contribution >= 0.6 is 0 Å². The van der Waals surface area contributed by atoms with E-state index in [1.54, 1.807) is 20.8 Å². The Morgan fingerprint density at radius 3 is 2.21 bits per heavy atom. The number of carbonyl (C=O) groups excluding carboxylic acids is 2. The number of aliphatic hydroxyl groups is 1. The quantitative estimate of drug-likeness (QED) is 0.725. The van der Waals surface area contributed by atoms with E-state index in [-0.39, 0.29) is 17.3 Å². The van der Waals surface area contributed by atoms with E-state index in [1.807, 2.05) is 13.8 Å². The van der Waals surface area contributed by atoms with E-state index in [2.05, 4.69) is 11.9 Å². The fraction of sp³-hybridized carbons (Fsp3) is 0.714. The first-order valence-corrected chi connectivity index (χ1v) is 6.39. The number of amides is 1. The van der Waals surface area contributed by atoms with Gasteiger partial charge in [-0.2, -0.15) is 0 Å². The number of Topliss-reactive ketones (excluding diaryl/α,β-unsaturated/α-hetero) is 1. The number of ether oxygens (including phenoxy) is 1. The molecule has 1 atom stereocenters. The maximum atomic E-state index is 12.0. The average molecular weight is 271 g/mol. The third-order valence-electron chi connectivity index (χ3n) is 2.25. The summed E-state index contributed by atoms with van der Waals surface area (Å²) in [4.78, 5) is 23.7. The summed E-state index contributed by atoms with van der Waals surface area (Å²) < 4.78 is 5.12. The molecule has 0 aliphatic heterocycles. The van der Waals surface area contributed by atoms with Gasteiger partial charge in [0, 0.05) is 5.57 Å². The predicted octanol–water partition coefficient (Wildman–Crippen LogP) is 2.04. The Labute approximate surface area is 115 Å². The van der Waals surface area contributed by atoms with Crippen molar-refractivity contribution in [1.29, 1.82) is 0 Å². The molecule has 110 valence electrons. The molecule has 2 N–H and O–H groups in total. The molecule has 0 aromatic rings. The molecule has 0 aromatic heterocycles. The van der Waals surface area contributed by atoms with Crippen molar-refractivity contribution < 1.29 is 19.4 Å². The minimum absolute atomic E-state index is 0.0849. The first-order valence-electron chi connectivity index (χ1n) is 6.39. The van der Waals surface area contributed by atoms with Gasteiger partial charge in [0.2, 0.25) is 0 Å². The standard InChI is InChI=1S/C14H25NO4/c1-9(2)7-11(12(17)10(3)8-16)15-13(18)19-14(4,5)6/h9,11,16H,3,7-8H2,1-2,4-6H3,(H,15,18)/t11-/m1/s1. The van der Waals surface area contributed by atoms with Crippen LogP contribution in [0.5, 0.6) is 0 Å². The number of aliphatic hydroxyl groups excluding tert-OH is 1. The molecule has 5 heteroatoms. The Bertz CT molecular complexity index is 342. The van der Waals surface area contributed by atoms with Crippen LogP contribution in [0.15, 0.2) is 12.2 Å². The Hall–Kier alpha value is -1.36. The van der Waals surface area contributed by atoms with E-state index in [1.165, 1.54) is 0 Å². The van der Waals surface area contributed by atoms with Crippen molar-refractivity contribution in [2.45, 2.75) is 52.7 Å². The molecule has 5 nitrogen and oxygen atoms in total. The van der Waals surface area contributed by atoms with E-state index >= 15 is 0 Å². The lowest BCUT2D eigenvalue weighted by atomic mass is 9.97. The zero-order valence-corrected chi connectivity index (χ0v) is 12.4. The molecule has 0 aliphatic carbocycles. The zero-order chi connectivity index (χ0) is 15.2. The molecule has 0 unspecified atom stereocenters. The van der Waals surface area contributed by atoms with Crippen LogP contribution in [-0.4, -0.2) is 35.2 Å². The van der Waals surface area contributed by atoms with Gasteiger partial charge in [0.05, 0.1) is 12.6 Å². The first-order chi connectivity index (χ1) is 8.56. The summed E-state index contributed by atoms with van der Waals surface area (Å²) in [6.07, 6.45) is -0.172. The molecular weight excluding hydrogens is 246 g/mol. The molecule has 0 rings (SSSR count). The molecule has 0 saturated heterocycles. The summed E-state index contributed by atoms with van der Waals surface area (Å²) in [6, 6.07) is -0.713. The number of hydrogen-bond acceptors (Lipinski definition) is 4. The predicted molar refractivity (Wildman–Crippen MR) is 73.8 cm³/mol. The zero-order valence-electron chi connectivity index (χ0n) is 12.4. The number of hydrogen-bond donors (Lipinski definition) is 2. The normalized spacial score (nSPS) is 13.0. The van der Waals surface area contributed by atoms with Crippen LogP contribution in [0.1, 0.15) is 41.0 Å². The van der Waals surface area contributed by atoms with E-state index in [9.17, 15) is 9.59 Å². The van der Waals surface area contributed by atoms with Crippen molar-refractivity contribution in [3.63, 3.8) is 0 Å². The maximum Gasteiger partial charge on any atom is 0.408 e. The number of alkyl carbamates (subject to hydrolysis) is 1. The maximum absolute atomic E-state index is 12.0. The Morgan fingerprint density at radius 1 is 1.32 bits per heavy atom. The van der Waals surface area contributed by atoms with Gasteiger partial charge >= 0.3 is 6.09 Å². The second-order valence-electron chi connectivity index (χ2n) is 5.95. The Balaban J connectivity index is 4.73. The second kappa shape index (κ2) is 7.28. The van der Waals surface area contributed by atoms with Gasteiger partial charge in [-0.15, -0.1) is 0 Å². The Morgan fingerprint density at radius 2 is 1.84 bits per heavy atom. The molecule has 0 fully saturated rings. The summed E-state index contributed by atoms with van der Waals surface area (Å²) in [5.41, 5.74) is -0.537. The minimum atomic E-state index is -0.713. The van der Waals surface area contributed by atoms with Gasteiger partial charge in [0.25, 0.3) is 0 Å². The number of ketones is 1. The van der Waals surface area contributed by atoms with E-state index in [4.69, 9.17) is 9.84 Å². The van der Waals surface area contributed by atoms with Crippen molar-refractivity contribution in [2.75, 3.05) is 6.61 Å². The minimum Gasteiger partial charge on any atom is -0.444 e. The van der Waals surface area contributed by atoms with Crippen molar-refractivity contribution in [3.8, 4) is 0 Å². The topological polar surface area (TPSA) is 75.6 Å². The summed E-state index contributed by atoms with van der Waals surface area (Å²) in [5, 5.41) is 11.5. The third kappa shape index (κ3) is 7.62. The molecule has 0 aromatic carbocycles. The number of rotatable bonds is 6. The summed E-state index contributed by atoms with van der Waals surface area (Å²) >= 11 is 0. The van der Waals surface area contributed by atoms with E-state index in [0.29, 0.717) is 6.42 Å². The van der Waals surface area contributed by atoms with Gasteiger partial charge in [-0.25, -0.2) is 4.79 Å². The summed E-state index contributed by atoms with van der Waals surface area (Å²) in [6.45, 7) is 12.2. The van der Waals surface area contributed by atoms with E-state index in [0.717, 1.165) is 0 Å². The lowest BCUT2D eigenvalue weighted by molar-refractivity contribution is -0.118. The molecule has 0 radical (unpaired) electrons. The van der Waals surface area contributed by atoms with E-state index < -0.39 is 24.3 Å². The number of carbonyl (C=O) groups is 2. The van der Waals surface area contributed by atoms with Gasteiger partial charge in [0.15, 0.2) is 5.78 Å². The third-order valence-corrected chi connectivity index (χ3v) is 2.25. The average Bonchev–Trinajstić information content (AvgIpc) is 2.22. The molecule has 0 bridgehead atoms. The summed E-state index contributed by atoms with van der Waals surface area (Å²) in [7, 11) is 0. The van der Waals surface area contributed by atoms with Crippen molar-refractivity contribution in [2.24, 2.45) is 5.92 Å². The summed E-state index contributed by atoms with van der Waals surface area (Å²) in [5.74, 6) is -0.141. The second-order valence-corrected chi connectivity index (χ2v) is 5.95. The van der Waals surface area contributed by atoms with Crippen LogP contribution in [0.25, 0.3) is 0 Å². The van der Waals surface area contributed by atoms with Gasteiger partial charge in [-0.3, -0.25) is 4.79 Å². The lowest BCUT2D eigenvalue weighted by Crippen LogP contribution is -2.44. The Kier molecular flexibility index (Phi) is 6.76. The largest absolute Gasteiger partial charge is 0.444 e. The van der Waals surface area contributed by atoms with Gasteiger partial charge in [0.1, 0.15) is 5.60 Å². The highest BCUT2D eigenvalue weighted by Crippen LogP contribution is 2.12. The van der Waals surface area contributed by atoms with Crippen molar-refractivity contribution in [1.82, 2.24) is 5.32 Å². The first kappa shape index (κ1) is 17.6. The monoisotopic (exact) mass is 271 g/mol. The van der Waals surface area contributed by atoms with Gasteiger partial charge in [-0.1, -0.05) is 20.4 Å².